The molecule has 1 aromatic rings. The molecule has 9 heteroatoms. The van der Waals surface area contributed by atoms with Crippen molar-refractivity contribution >= 4 is 37.4 Å². The Bertz CT molecular complexity index is 752. The van der Waals surface area contributed by atoms with Crippen LogP contribution in [-0.4, -0.2) is 32.9 Å². The first-order valence-corrected chi connectivity index (χ1v) is 8.86. The fourth-order valence-electron chi connectivity index (χ4n) is 1.84. The fourth-order valence-corrected chi connectivity index (χ4v) is 4.16. The lowest BCUT2D eigenvalue weighted by Gasteiger charge is -2.17. The Morgan fingerprint density at radius 3 is 2.73 bits per heavy atom. The predicted octanol–water partition coefficient (Wildman–Crippen LogP) is 3.46. The molecule has 0 bridgehead atoms. The van der Waals surface area contributed by atoms with Crippen LogP contribution in [0.3, 0.4) is 0 Å². The normalized spacial score (nSPS) is 22.0. The third-order valence-corrected chi connectivity index (χ3v) is 5.76. The first-order chi connectivity index (χ1) is 10.3. The summed E-state index contributed by atoms with van der Waals surface area (Å²) in [6.07, 6.45) is -2.31. The average Bonchev–Trinajstić information content (AvgIpc) is 2.46. The van der Waals surface area contributed by atoms with Gasteiger partial charge in [0, 0.05) is 0 Å². The SMILES string of the molecule is COc1nc(CS(=O)(=O)C2=C(Cl)C(F)C(F)C=C2)ccc1Br. The summed E-state index contributed by atoms with van der Waals surface area (Å²) in [5.74, 6) is -0.282. The van der Waals surface area contributed by atoms with E-state index in [0.717, 1.165) is 12.2 Å². The predicted molar refractivity (Wildman–Crippen MR) is 82.9 cm³/mol. The highest BCUT2D eigenvalue weighted by Crippen LogP contribution is 2.32. The van der Waals surface area contributed by atoms with Gasteiger partial charge in [0.05, 0.1) is 33.0 Å². The zero-order chi connectivity index (χ0) is 16.5. The van der Waals surface area contributed by atoms with Crippen LogP contribution in [0.2, 0.25) is 0 Å². The molecule has 0 spiro atoms. The van der Waals surface area contributed by atoms with Crippen LogP contribution in [0.15, 0.2) is 38.7 Å². The lowest BCUT2D eigenvalue weighted by molar-refractivity contribution is 0.241. The molecular weight excluding hydrogens is 404 g/mol. The Labute approximate surface area is 139 Å². The maximum atomic E-state index is 13.5. The zero-order valence-electron chi connectivity index (χ0n) is 11.3. The van der Waals surface area contributed by atoms with Gasteiger partial charge in [0.25, 0.3) is 0 Å². The molecule has 120 valence electrons. The zero-order valence-corrected chi connectivity index (χ0v) is 14.4. The van der Waals surface area contributed by atoms with Gasteiger partial charge in [-0.2, -0.15) is 0 Å². The van der Waals surface area contributed by atoms with E-state index < -0.39 is 37.9 Å². The molecule has 4 nitrogen and oxygen atoms in total. The molecule has 22 heavy (non-hydrogen) atoms. The van der Waals surface area contributed by atoms with Gasteiger partial charge < -0.3 is 4.74 Å². The number of ether oxygens (including phenoxy) is 1. The average molecular weight is 415 g/mol. The summed E-state index contributed by atoms with van der Waals surface area (Å²) in [6, 6.07) is 3.06. The first-order valence-electron chi connectivity index (χ1n) is 6.04. The van der Waals surface area contributed by atoms with Crippen LogP contribution in [0.25, 0.3) is 0 Å². The van der Waals surface area contributed by atoms with Crippen molar-refractivity contribution in [2.45, 2.75) is 18.1 Å². The first kappa shape index (κ1) is 17.4. The van der Waals surface area contributed by atoms with Crippen molar-refractivity contribution in [2.24, 2.45) is 0 Å². The third kappa shape index (κ3) is 3.49. The Balaban J connectivity index is 2.35. The Morgan fingerprint density at radius 2 is 2.09 bits per heavy atom. The topological polar surface area (TPSA) is 56.3 Å². The number of allylic oxidation sites excluding steroid dienone is 3. The summed E-state index contributed by atoms with van der Waals surface area (Å²) in [4.78, 5) is 3.59. The molecule has 2 rings (SSSR count). The van der Waals surface area contributed by atoms with Gasteiger partial charge in [-0.15, -0.1) is 0 Å². The number of methoxy groups -OCH3 is 1. The van der Waals surface area contributed by atoms with Gasteiger partial charge in [0.2, 0.25) is 5.88 Å². The number of rotatable bonds is 4. The van der Waals surface area contributed by atoms with Crippen LogP contribution in [0.4, 0.5) is 8.78 Å². The lowest BCUT2D eigenvalue weighted by Crippen LogP contribution is -2.22. The highest BCUT2D eigenvalue weighted by molar-refractivity contribution is 9.10. The molecule has 0 amide bonds. The van der Waals surface area contributed by atoms with Crippen LogP contribution in [0.5, 0.6) is 5.88 Å². The molecule has 0 radical (unpaired) electrons. The summed E-state index contributed by atoms with van der Waals surface area (Å²) < 4.78 is 56.9. The van der Waals surface area contributed by atoms with E-state index in [9.17, 15) is 17.2 Å². The van der Waals surface area contributed by atoms with E-state index in [1.807, 2.05) is 0 Å². The van der Waals surface area contributed by atoms with Crippen LogP contribution < -0.4 is 4.74 Å². The number of aromatic nitrogens is 1. The van der Waals surface area contributed by atoms with E-state index in [1.54, 1.807) is 6.07 Å². The number of sulfone groups is 1. The van der Waals surface area contributed by atoms with Gasteiger partial charge in [0.15, 0.2) is 22.2 Å². The number of hydrogen-bond donors (Lipinski definition) is 0. The summed E-state index contributed by atoms with van der Waals surface area (Å²) in [5.41, 5.74) is 0.197. The van der Waals surface area contributed by atoms with E-state index in [0.29, 0.717) is 4.47 Å². The summed E-state index contributed by atoms with van der Waals surface area (Å²) in [6.45, 7) is 0. The second-order valence-corrected chi connectivity index (χ2v) is 7.69. The van der Waals surface area contributed by atoms with Crippen LogP contribution >= 0.6 is 27.5 Å². The molecule has 1 aliphatic carbocycles. The Hall–Kier alpha value is -0.990. The van der Waals surface area contributed by atoms with Crippen LogP contribution in [0.1, 0.15) is 5.69 Å². The molecule has 0 saturated heterocycles. The van der Waals surface area contributed by atoms with E-state index in [-0.39, 0.29) is 11.6 Å². The molecule has 2 unspecified atom stereocenters. The lowest BCUT2D eigenvalue weighted by atomic mass is 10.1. The van der Waals surface area contributed by atoms with Crippen molar-refractivity contribution in [1.29, 1.82) is 0 Å². The third-order valence-electron chi connectivity index (χ3n) is 2.93. The van der Waals surface area contributed by atoms with Gasteiger partial charge in [-0.05, 0) is 40.2 Å². The maximum absolute atomic E-state index is 13.5. The van der Waals surface area contributed by atoms with Gasteiger partial charge in [0.1, 0.15) is 0 Å². The van der Waals surface area contributed by atoms with Gasteiger partial charge in [-0.25, -0.2) is 22.2 Å². The van der Waals surface area contributed by atoms with Crippen molar-refractivity contribution in [2.75, 3.05) is 7.11 Å². The van der Waals surface area contributed by atoms with Crippen molar-refractivity contribution in [3.63, 3.8) is 0 Å². The fraction of sp³-hybridized carbons (Fsp3) is 0.308. The minimum Gasteiger partial charge on any atom is -0.480 e. The number of hydrogen-bond acceptors (Lipinski definition) is 4. The second-order valence-electron chi connectivity index (χ2n) is 4.47. The highest BCUT2D eigenvalue weighted by atomic mass is 79.9. The number of pyridine rings is 1. The van der Waals surface area contributed by atoms with E-state index in [1.165, 1.54) is 13.2 Å². The molecular formula is C13H11BrClF2NO3S. The molecule has 0 N–H and O–H groups in total. The molecule has 0 fully saturated rings. The Morgan fingerprint density at radius 1 is 1.41 bits per heavy atom. The smallest absolute Gasteiger partial charge is 0.227 e. The quantitative estimate of drug-likeness (QED) is 0.757. The molecule has 1 aromatic heterocycles. The Kier molecular flexibility index (Phi) is 5.24. The van der Waals surface area contributed by atoms with Crippen molar-refractivity contribution in [1.82, 2.24) is 4.98 Å². The van der Waals surface area contributed by atoms with Gasteiger partial charge >= 0.3 is 0 Å². The van der Waals surface area contributed by atoms with E-state index in [2.05, 4.69) is 20.9 Å². The standard InChI is InChI=1S/C13H11BrClF2NO3S/c1-21-13-8(14)3-2-7(18-13)6-22(19,20)10-5-4-9(16)12(17)11(10)15/h2-5,9,12H,6H2,1H3. The molecule has 1 heterocycles. The molecule has 1 aliphatic rings. The monoisotopic (exact) mass is 413 g/mol. The minimum atomic E-state index is -3.96. The number of nitrogens with zero attached hydrogens (tertiary/aromatic N) is 1. The van der Waals surface area contributed by atoms with E-state index in [4.69, 9.17) is 16.3 Å². The van der Waals surface area contributed by atoms with E-state index >= 15 is 0 Å². The summed E-state index contributed by atoms with van der Waals surface area (Å²) in [7, 11) is -2.57. The minimum absolute atomic E-state index is 0.197. The number of halogens is 4. The van der Waals surface area contributed by atoms with Crippen molar-refractivity contribution < 1.29 is 21.9 Å². The van der Waals surface area contributed by atoms with Crippen molar-refractivity contribution in [3.8, 4) is 5.88 Å². The number of alkyl halides is 2. The summed E-state index contributed by atoms with van der Waals surface area (Å²) >= 11 is 8.85. The summed E-state index contributed by atoms with van der Waals surface area (Å²) in [5, 5.41) is -0.654. The maximum Gasteiger partial charge on any atom is 0.227 e. The van der Waals surface area contributed by atoms with Crippen LogP contribution in [0, 0.1) is 0 Å². The largest absolute Gasteiger partial charge is 0.480 e. The molecule has 0 aromatic carbocycles. The van der Waals surface area contributed by atoms with Gasteiger partial charge in [-0.3, -0.25) is 0 Å². The molecule has 2 atom stereocenters. The van der Waals surface area contributed by atoms with Crippen molar-refractivity contribution in [3.05, 3.63) is 44.4 Å². The second kappa shape index (κ2) is 6.64. The van der Waals surface area contributed by atoms with Gasteiger partial charge in [-0.1, -0.05) is 11.6 Å². The van der Waals surface area contributed by atoms with Crippen LogP contribution in [-0.2, 0) is 15.6 Å². The molecule has 0 saturated carbocycles. The molecule has 0 aliphatic heterocycles. The highest BCUT2D eigenvalue weighted by Gasteiger charge is 2.32.